The molecular weight excluding hydrogens is 359 g/mol. The highest BCUT2D eigenvalue weighted by atomic mass is 35.5. The zero-order valence-electron chi connectivity index (χ0n) is 15.2. The molecule has 0 atom stereocenters. The van der Waals surface area contributed by atoms with Crippen molar-refractivity contribution in [1.29, 1.82) is 0 Å². The summed E-state index contributed by atoms with van der Waals surface area (Å²) < 4.78 is 25.0. The van der Waals surface area contributed by atoms with Crippen LogP contribution in [-0.2, 0) is 29.0 Å². The average molecular weight is 381 g/mol. The molecule has 7 heteroatoms. The molecule has 0 radical (unpaired) electrons. The summed E-state index contributed by atoms with van der Waals surface area (Å²) in [5.41, 5.74) is 2.99. The standard InChI is InChI=1S/C19H22ClFN2O3/c1-4-5-6-14-13-9-23(16(24)10-25-2)8-12(13)11-7-15(26-3)17(20)18(21)19(11)22-14/h7H,4-6,8-10H2,1-3H3. The number of rotatable bonds is 6. The van der Waals surface area contributed by atoms with Gasteiger partial charge in [-0.2, -0.15) is 0 Å². The molecule has 0 saturated carbocycles. The van der Waals surface area contributed by atoms with Crippen molar-refractivity contribution in [2.75, 3.05) is 20.8 Å². The number of hydrogen-bond acceptors (Lipinski definition) is 4. The number of ether oxygens (including phenoxy) is 2. The van der Waals surface area contributed by atoms with E-state index in [2.05, 4.69) is 11.9 Å². The average Bonchev–Trinajstić information content (AvgIpc) is 3.09. The Morgan fingerprint density at radius 3 is 2.73 bits per heavy atom. The minimum atomic E-state index is -0.580. The summed E-state index contributed by atoms with van der Waals surface area (Å²) in [6.45, 7) is 2.98. The fourth-order valence-corrected chi connectivity index (χ4v) is 3.59. The van der Waals surface area contributed by atoms with Crippen molar-refractivity contribution in [3.8, 4) is 5.75 Å². The van der Waals surface area contributed by atoms with Gasteiger partial charge in [-0.15, -0.1) is 0 Å². The number of carbonyl (C=O) groups excluding carboxylic acids is 1. The largest absolute Gasteiger partial charge is 0.495 e. The SMILES string of the molecule is CCCCc1nc2c(F)c(Cl)c(OC)cc2c2c1CN(C(=O)COC)C2. The maximum absolute atomic E-state index is 14.8. The number of aryl methyl sites for hydroxylation is 1. The number of pyridine rings is 1. The van der Waals surface area contributed by atoms with E-state index in [1.165, 1.54) is 14.2 Å². The molecule has 0 bridgehead atoms. The van der Waals surface area contributed by atoms with E-state index >= 15 is 0 Å². The Kier molecular flexibility index (Phi) is 5.63. The van der Waals surface area contributed by atoms with Crippen molar-refractivity contribution in [3.05, 3.63) is 33.7 Å². The summed E-state index contributed by atoms with van der Waals surface area (Å²) in [6, 6.07) is 1.71. The van der Waals surface area contributed by atoms with Crippen LogP contribution in [0.5, 0.6) is 5.75 Å². The van der Waals surface area contributed by atoms with E-state index in [1.54, 1.807) is 11.0 Å². The highest BCUT2D eigenvalue weighted by Gasteiger charge is 2.29. The molecule has 1 aromatic carbocycles. The predicted molar refractivity (Wildman–Crippen MR) is 98.0 cm³/mol. The van der Waals surface area contributed by atoms with E-state index in [0.717, 1.165) is 36.1 Å². The second kappa shape index (κ2) is 7.76. The van der Waals surface area contributed by atoms with Crippen LogP contribution in [0.1, 0.15) is 36.6 Å². The topological polar surface area (TPSA) is 51.7 Å². The molecule has 26 heavy (non-hydrogen) atoms. The Labute approximate surface area is 157 Å². The maximum atomic E-state index is 14.8. The smallest absolute Gasteiger partial charge is 0.249 e. The van der Waals surface area contributed by atoms with Crippen LogP contribution in [0.4, 0.5) is 4.39 Å². The lowest BCUT2D eigenvalue weighted by Gasteiger charge is -2.14. The summed E-state index contributed by atoms with van der Waals surface area (Å²) in [6.07, 6.45) is 2.69. The van der Waals surface area contributed by atoms with Crippen LogP contribution < -0.4 is 4.74 Å². The molecule has 1 aliphatic heterocycles. The molecule has 1 aromatic heterocycles. The number of carbonyl (C=O) groups is 1. The summed E-state index contributed by atoms with van der Waals surface area (Å²) in [4.78, 5) is 18.6. The lowest BCUT2D eigenvalue weighted by molar-refractivity contribution is -0.135. The van der Waals surface area contributed by atoms with E-state index in [-0.39, 0.29) is 28.8 Å². The zero-order chi connectivity index (χ0) is 18.8. The van der Waals surface area contributed by atoms with Crippen molar-refractivity contribution in [2.24, 2.45) is 0 Å². The molecule has 0 N–H and O–H groups in total. The van der Waals surface area contributed by atoms with E-state index in [0.29, 0.717) is 18.5 Å². The van der Waals surface area contributed by atoms with Crippen LogP contribution >= 0.6 is 11.6 Å². The summed E-state index contributed by atoms with van der Waals surface area (Å²) in [7, 11) is 2.94. The number of nitrogens with zero attached hydrogens (tertiary/aromatic N) is 2. The van der Waals surface area contributed by atoms with Gasteiger partial charge in [-0.05, 0) is 30.0 Å². The van der Waals surface area contributed by atoms with Gasteiger partial charge in [0.1, 0.15) is 22.9 Å². The quantitative estimate of drug-likeness (QED) is 0.763. The first-order chi connectivity index (χ1) is 12.5. The molecule has 2 aromatic rings. The van der Waals surface area contributed by atoms with Gasteiger partial charge in [-0.3, -0.25) is 4.79 Å². The van der Waals surface area contributed by atoms with Crippen molar-refractivity contribution >= 4 is 28.4 Å². The Hall–Kier alpha value is -1.92. The van der Waals surface area contributed by atoms with Crippen LogP contribution in [0, 0.1) is 5.82 Å². The number of methoxy groups -OCH3 is 2. The van der Waals surface area contributed by atoms with Crippen molar-refractivity contribution in [1.82, 2.24) is 9.88 Å². The molecule has 140 valence electrons. The summed E-state index contributed by atoms with van der Waals surface area (Å²) in [5.74, 6) is -0.411. The second-order valence-corrected chi connectivity index (χ2v) is 6.78. The third-order valence-corrected chi connectivity index (χ3v) is 5.09. The normalized spacial score (nSPS) is 13.3. The monoisotopic (exact) mass is 380 g/mol. The van der Waals surface area contributed by atoms with Crippen LogP contribution in [0.25, 0.3) is 10.9 Å². The lowest BCUT2D eigenvalue weighted by Crippen LogP contribution is -2.28. The van der Waals surface area contributed by atoms with Crippen LogP contribution in [0.15, 0.2) is 6.07 Å². The Morgan fingerprint density at radius 1 is 1.35 bits per heavy atom. The Balaban J connectivity index is 2.17. The lowest BCUT2D eigenvalue weighted by atomic mass is 10.00. The number of fused-ring (bicyclic) bond motifs is 3. The van der Waals surface area contributed by atoms with Gasteiger partial charge < -0.3 is 14.4 Å². The van der Waals surface area contributed by atoms with E-state index in [4.69, 9.17) is 21.1 Å². The fourth-order valence-electron chi connectivity index (χ4n) is 3.37. The van der Waals surface area contributed by atoms with Crippen molar-refractivity contribution in [3.63, 3.8) is 0 Å². The van der Waals surface area contributed by atoms with Gasteiger partial charge in [0.15, 0.2) is 5.82 Å². The number of unbranched alkanes of at least 4 members (excludes halogenated alkanes) is 1. The van der Waals surface area contributed by atoms with Crippen molar-refractivity contribution in [2.45, 2.75) is 39.3 Å². The van der Waals surface area contributed by atoms with Gasteiger partial charge in [-0.1, -0.05) is 24.9 Å². The van der Waals surface area contributed by atoms with E-state index in [9.17, 15) is 9.18 Å². The Morgan fingerprint density at radius 2 is 2.08 bits per heavy atom. The van der Waals surface area contributed by atoms with Crippen LogP contribution in [0.2, 0.25) is 5.02 Å². The maximum Gasteiger partial charge on any atom is 0.249 e. The molecule has 0 aliphatic carbocycles. The number of benzene rings is 1. The van der Waals surface area contributed by atoms with Gasteiger partial charge in [-0.25, -0.2) is 9.37 Å². The minimum absolute atomic E-state index is 0.0210. The third kappa shape index (κ3) is 3.23. The molecule has 2 heterocycles. The van der Waals surface area contributed by atoms with Crippen molar-refractivity contribution < 1.29 is 18.7 Å². The molecule has 1 aliphatic rings. The van der Waals surface area contributed by atoms with E-state index in [1.807, 2.05) is 0 Å². The fraction of sp³-hybridized carbons (Fsp3) is 0.474. The Bertz CT molecular complexity index is 857. The molecule has 0 fully saturated rings. The first-order valence-electron chi connectivity index (χ1n) is 8.64. The zero-order valence-corrected chi connectivity index (χ0v) is 16.0. The van der Waals surface area contributed by atoms with Gasteiger partial charge in [0.25, 0.3) is 0 Å². The van der Waals surface area contributed by atoms with Gasteiger partial charge >= 0.3 is 0 Å². The highest BCUT2D eigenvalue weighted by molar-refractivity contribution is 6.33. The van der Waals surface area contributed by atoms with E-state index < -0.39 is 5.82 Å². The number of aromatic nitrogens is 1. The molecule has 3 rings (SSSR count). The van der Waals surface area contributed by atoms with Crippen LogP contribution in [0.3, 0.4) is 0 Å². The third-order valence-electron chi connectivity index (χ3n) is 4.74. The highest BCUT2D eigenvalue weighted by Crippen LogP contribution is 2.39. The molecule has 0 unspecified atom stereocenters. The number of halogens is 2. The molecular formula is C19H22ClFN2O3. The molecule has 0 spiro atoms. The van der Waals surface area contributed by atoms with Gasteiger partial charge in [0.05, 0.1) is 7.11 Å². The first kappa shape index (κ1) is 18.9. The number of amides is 1. The summed E-state index contributed by atoms with van der Waals surface area (Å²) >= 11 is 6.08. The minimum Gasteiger partial charge on any atom is -0.495 e. The van der Waals surface area contributed by atoms with Gasteiger partial charge in [0, 0.05) is 31.3 Å². The first-order valence-corrected chi connectivity index (χ1v) is 9.02. The number of hydrogen-bond donors (Lipinski definition) is 0. The summed E-state index contributed by atoms with van der Waals surface area (Å²) in [5, 5.41) is 0.575. The molecule has 0 saturated heterocycles. The second-order valence-electron chi connectivity index (χ2n) is 6.40. The van der Waals surface area contributed by atoms with Crippen LogP contribution in [-0.4, -0.2) is 36.6 Å². The molecule has 5 nitrogen and oxygen atoms in total. The molecule has 1 amide bonds. The van der Waals surface area contributed by atoms with Gasteiger partial charge in [0.2, 0.25) is 5.91 Å². The predicted octanol–water partition coefficient (Wildman–Crippen LogP) is 3.87.